The maximum Gasteiger partial charge on any atom is 0.235 e. The Morgan fingerprint density at radius 1 is 1.50 bits per heavy atom. The van der Waals surface area contributed by atoms with E-state index in [1.54, 1.807) is 0 Å². The maximum absolute atomic E-state index is 11.1. The van der Waals surface area contributed by atoms with Gasteiger partial charge in [-0.2, -0.15) is 0 Å². The molecule has 1 aliphatic rings. The van der Waals surface area contributed by atoms with Gasteiger partial charge in [0, 0.05) is 0 Å². The van der Waals surface area contributed by atoms with E-state index < -0.39 is 0 Å². The molecule has 1 N–H and O–H groups in total. The Hall–Kier alpha value is -1.02. The van der Waals surface area contributed by atoms with E-state index in [-0.39, 0.29) is 17.8 Å². The van der Waals surface area contributed by atoms with E-state index in [4.69, 9.17) is 11.6 Å². The minimum Gasteiger partial charge on any atom is -0.348 e. The van der Waals surface area contributed by atoms with E-state index in [1.807, 2.05) is 12.1 Å². The molecule has 1 atom stereocenters. The number of rotatable bonds is 2. The summed E-state index contributed by atoms with van der Waals surface area (Å²) < 4.78 is 0. The lowest BCUT2D eigenvalue weighted by Crippen LogP contribution is -2.27. The van der Waals surface area contributed by atoms with Crippen LogP contribution >= 0.6 is 11.6 Å². The molecular weight excluding hydrogens is 198 g/mol. The van der Waals surface area contributed by atoms with Crippen molar-refractivity contribution in [2.75, 3.05) is 5.88 Å². The van der Waals surface area contributed by atoms with Crippen LogP contribution in [-0.4, -0.2) is 11.8 Å². The number of aryl methyl sites for hydroxylation is 1. The molecule has 0 spiro atoms. The molecule has 2 rings (SSSR count). The van der Waals surface area contributed by atoms with E-state index in [1.165, 1.54) is 11.1 Å². The molecule has 0 aromatic heterocycles. The first kappa shape index (κ1) is 9.53. The van der Waals surface area contributed by atoms with E-state index in [9.17, 15) is 4.79 Å². The summed E-state index contributed by atoms with van der Waals surface area (Å²) in [7, 11) is 0. The van der Waals surface area contributed by atoms with Gasteiger partial charge in [0.25, 0.3) is 0 Å². The molecule has 14 heavy (non-hydrogen) atoms. The largest absolute Gasteiger partial charge is 0.348 e. The third kappa shape index (κ3) is 1.75. The van der Waals surface area contributed by atoms with Gasteiger partial charge in [-0.25, -0.2) is 0 Å². The Bertz CT molecular complexity index is 351. The Balaban J connectivity index is 2.14. The van der Waals surface area contributed by atoms with Crippen molar-refractivity contribution in [2.24, 2.45) is 0 Å². The highest BCUT2D eigenvalue weighted by atomic mass is 35.5. The smallest absolute Gasteiger partial charge is 0.235 e. The summed E-state index contributed by atoms with van der Waals surface area (Å²) >= 11 is 5.45. The normalized spacial score (nSPS) is 19.1. The molecule has 0 aliphatic heterocycles. The zero-order valence-corrected chi connectivity index (χ0v) is 8.55. The van der Waals surface area contributed by atoms with Crippen molar-refractivity contribution in [2.45, 2.75) is 18.9 Å². The lowest BCUT2D eigenvalue weighted by molar-refractivity contribution is -0.119. The zero-order chi connectivity index (χ0) is 9.97. The van der Waals surface area contributed by atoms with Gasteiger partial charge in [0.05, 0.1) is 6.04 Å². The topological polar surface area (TPSA) is 29.1 Å². The van der Waals surface area contributed by atoms with Crippen molar-refractivity contribution in [3.8, 4) is 0 Å². The summed E-state index contributed by atoms with van der Waals surface area (Å²) in [6, 6.07) is 8.38. The number of amides is 1. The van der Waals surface area contributed by atoms with Gasteiger partial charge in [-0.1, -0.05) is 24.3 Å². The predicted molar refractivity (Wildman–Crippen MR) is 56.4 cm³/mol. The second-order valence-corrected chi connectivity index (χ2v) is 3.76. The number of benzene rings is 1. The highest BCUT2D eigenvalue weighted by Gasteiger charge is 2.22. The second-order valence-electron chi connectivity index (χ2n) is 3.49. The van der Waals surface area contributed by atoms with Crippen molar-refractivity contribution in [1.29, 1.82) is 0 Å². The van der Waals surface area contributed by atoms with Gasteiger partial charge in [-0.05, 0) is 24.0 Å². The number of halogens is 1. The molecule has 1 aliphatic carbocycles. The van der Waals surface area contributed by atoms with Crippen LogP contribution in [0.25, 0.3) is 0 Å². The standard InChI is InChI=1S/C11H12ClNO/c12-7-11(14)13-10-6-5-8-3-1-2-4-9(8)10/h1-4,10H,5-7H2,(H,13,14)/t10-/m0/s1. The minimum atomic E-state index is -0.0895. The minimum absolute atomic E-state index is 0.0403. The number of hydrogen-bond donors (Lipinski definition) is 1. The van der Waals surface area contributed by atoms with Gasteiger partial charge in [-0.3, -0.25) is 4.79 Å². The average molecular weight is 210 g/mol. The summed E-state index contributed by atoms with van der Waals surface area (Å²) in [4.78, 5) is 11.1. The molecule has 0 radical (unpaired) electrons. The Morgan fingerprint density at radius 3 is 3.07 bits per heavy atom. The van der Waals surface area contributed by atoms with Gasteiger partial charge in [-0.15, -0.1) is 11.6 Å². The Kier molecular flexibility index (Phi) is 2.73. The van der Waals surface area contributed by atoms with Crippen LogP contribution in [0.15, 0.2) is 24.3 Å². The lowest BCUT2D eigenvalue weighted by Gasteiger charge is -2.12. The van der Waals surface area contributed by atoms with Crippen LogP contribution in [0.5, 0.6) is 0 Å². The van der Waals surface area contributed by atoms with Crippen LogP contribution in [0.3, 0.4) is 0 Å². The molecule has 1 amide bonds. The number of fused-ring (bicyclic) bond motifs is 1. The lowest BCUT2D eigenvalue weighted by atomic mass is 10.1. The highest BCUT2D eigenvalue weighted by Crippen LogP contribution is 2.30. The predicted octanol–water partition coefficient (Wildman–Crippen LogP) is 2.03. The van der Waals surface area contributed by atoms with E-state index in [0.717, 1.165) is 12.8 Å². The maximum atomic E-state index is 11.1. The zero-order valence-electron chi connectivity index (χ0n) is 7.79. The number of hydrogen-bond acceptors (Lipinski definition) is 1. The van der Waals surface area contributed by atoms with Gasteiger partial charge in [0.1, 0.15) is 5.88 Å². The van der Waals surface area contributed by atoms with Gasteiger partial charge >= 0.3 is 0 Å². The molecule has 2 nitrogen and oxygen atoms in total. The molecule has 0 unspecified atom stereocenters. The van der Waals surface area contributed by atoms with Crippen LogP contribution in [0.1, 0.15) is 23.6 Å². The molecule has 0 fully saturated rings. The van der Waals surface area contributed by atoms with Crippen molar-refractivity contribution in [3.05, 3.63) is 35.4 Å². The third-order valence-corrected chi connectivity index (χ3v) is 2.83. The molecule has 1 aromatic rings. The van der Waals surface area contributed by atoms with E-state index in [2.05, 4.69) is 17.4 Å². The Labute approximate surface area is 88.3 Å². The summed E-state index contributed by atoms with van der Waals surface area (Å²) in [5.41, 5.74) is 2.58. The monoisotopic (exact) mass is 209 g/mol. The quantitative estimate of drug-likeness (QED) is 0.742. The van der Waals surface area contributed by atoms with Crippen molar-refractivity contribution in [3.63, 3.8) is 0 Å². The Morgan fingerprint density at radius 2 is 2.29 bits per heavy atom. The first-order valence-corrected chi connectivity index (χ1v) is 5.28. The molecular formula is C11H12ClNO. The fourth-order valence-corrected chi connectivity index (χ4v) is 2.02. The van der Waals surface area contributed by atoms with Crippen molar-refractivity contribution < 1.29 is 4.79 Å². The SMILES string of the molecule is O=C(CCl)N[C@H]1CCc2ccccc21. The first-order valence-electron chi connectivity index (χ1n) is 4.74. The number of carbonyl (C=O) groups excluding carboxylic acids is 1. The van der Waals surface area contributed by atoms with Crippen LogP contribution in [0.2, 0.25) is 0 Å². The number of alkyl halides is 1. The van der Waals surface area contributed by atoms with Crippen molar-refractivity contribution in [1.82, 2.24) is 5.32 Å². The van der Waals surface area contributed by atoms with E-state index in [0.29, 0.717) is 0 Å². The average Bonchev–Trinajstić information content (AvgIpc) is 2.62. The fraction of sp³-hybridized carbons (Fsp3) is 0.364. The van der Waals surface area contributed by atoms with Crippen LogP contribution in [-0.2, 0) is 11.2 Å². The fourth-order valence-electron chi connectivity index (χ4n) is 1.94. The van der Waals surface area contributed by atoms with Gasteiger partial charge < -0.3 is 5.32 Å². The molecule has 1 aromatic carbocycles. The third-order valence-electron chi connectivity index (χ3n) is 2.59. The van der Waals surface area contributed by atoms with Crippen LogP contribution < -0.4 is 5.32 Å². The summed E-state index contributed by atoms with van der Waals surface area (Å²) in [5, 5.41) is 2.91. The second kappa shape index (κ2) is 4.01. The summed E-state index contributed by atoms with van der Waals surface area (Å²) in [6.07, 6.45) is 2.03. The molecule has 0 saturated carbocycles. The van der Waals surface area contributed by atoms with Crippen LogP contribution in [0, 0.1) is 0 Å². The molecule has 0 heterocycles. The first-order chi connectivity index (χ1) is 6.81. The summed E-state index contributed by atoms with van der Waals surface area (Å²) in [6.45, 7) is 0. The molecule has 74 valence electrons. The van der Waals surface area contributed by atoms with Crippen LogP contribution in [0.4, 0.5) is 0 Å². The highest BCUT2D eigenvalue weighted by molar-refractivity contribution is 6.27. The molecule has 0 saturated heterocycles. The van der Waals surface area contributed by atoms with E-state index >= 15 is 0 Å². The molecule has 3 heteroatoms. The summed E-state index contributed by atoms with van der Waals surface area (Å²) in [5.74, 6) is -0.0491. The van der Waals surface area contributed by atoms with Crippen molar-refractivity contribution >= 4 is 17.5 Å². The van der Waals surface area contributed by atoms with Gasteiger partial charge in [0.15, 0.2) is 0 Å². The number of carbonyl (C=O) groups is 1. The number of nitrogens with one attached hydrogen (secondary N) is 1. The molecule has 0 bridgehead atoms. The van der Waals surface area contributed by atoms with Gasteiger partial charge in [0.2, 0.25) is 5.91 Å².